The summed E-state index contributed by atoms with van der Waals surface area (Å²) < 4.78 is 119. The third-order valence-corrected chi connectivity index (χ3v) is 2.55. The fraction of sp³-hybridized carbons (Fsp3) is 1.00. The van der Waals surface area contributed by atoms with Crippen molar-refractivity contribution in [1.29, 1.82) is 0 Å². The maximum absolute atomic E-state index is 12.4. The predicted octanol–water partition coefficient (Wildman–Crippen LogP) is 1.80. The van der Waals surface area contributed by atoms with Crippen LogP contribution in [0.25, 0.3) is 0 Å². The summed E-state index contributed by atoms with van der Waals surface area (Å²) in [5.41, 5.74) is 0. The second-order valence-corrected chi connectivity index (χ2v) is 4.13. The van der Waals surface area contributed by atoms with Gasteiger partial charge in [-0.1, -0.05) is 3.89 Å². The number of ether oxygens (including phenoxy) is 1. The number of alkyl halides is 7. The van der Waals surface area contributed by atoms with Gasteiger partial charge in [0.05, 0.1) is 0 Å². The van der Waals surface area contributed by atoms with Gasteiger partial charge >= 0.3 is 33.4 Å². The first-order chi connectivity index (χ1) is 6.71. The Morgan fingerprint density at radius 2 is 1.31 bits per heavy atom. The van der Waals surface area contributed by atoms with E-state index in [1.807, 2.05) is 0 Å². The Kier molecular flexibility index (Phi) is 2.33. The average molecular weight is 280 g/mol. The highest BCUT2D eigenvalue weighted by atomic mass is 32.3. The molecule has 0 aromatic carbocycles. The van der Waals surface area contributed by atoms with Gasteiger partial charge in [-0.25, -0.2) is 0 Å². The molecule has 0 N–H and O–H groups in total. The molecule has 96 valence electrons. The SMILES string of the molecule is O=S(=O)(F)C(F)(F)C(F)(F)C1(F)OC1(F)F. The van der Waals surface area contributed by atoms with Crippen LogP contribution >= 0.6 is 0 Å². The van der Waals surface area contributed by atoms with Gasteiger partial charge < -0.3 is 0 Å². The zero-order valence-electron chi connectivity index (χ0n) is 6.66. The van der Waals surface area contributed by atoms with E-state index < -0.39 is 33.4 Å². The first-order valence-corrected chi connectivity index (χ1v) is 4.56. The van der Waals surface area contributed by atoms with E-state index in [-0.39, 0.29) is 0 Å². The molecular formula is C4F8O3S. The maximum atomic E-state index is 12.4. The monoisotopic (exact) mass is 280 g/mol. The third-order valence-electron chi connectivity index (χ3n) is 1.68. The van der Waals surface area contributed by atoms with Gasteiger partial charge in [-0.3, -0.25) is 4.74 Å². The number of halogens is 8. The van der Waals surface area contributed by atoms with Crippen molar-refractivity contribution in [2.45, 2.75) is 23.1 Å². The molecule has 1 aliphatic rings. The van der Waals surface area contributed by atoms with Crippen molar-refractivity contribution >= 4 is 10.2 Å². The van der Waals surface area contributed by atoms with Gasteiger partial charge in [0.25, 0.3) is 0 Å². The molecule has 0 aliphatic carbocycles. The van der Waals surface area contributed by atoms with E-state index in [9.17, 15) is 43.0 Å². The van der Waals surface area contributed by atoms with E-state index >= 15 is 0 Å². The molecule has 0 saturated carbocycles. The van der Waals surface area contributed by atoms with Crippen LogP contribution in [-0.2, 0) is 15.0 Å². The van der Waals surface area contributed by atoms with Crippen molar-refractivity contribution in [1.82, 2.24) is 0 Å². The van der Waals surface area contributed by atoms with E-state index in [0.29, 0.717) is 0 Å². The van der Waals surface area contributed by atoms with Crippen LogP contribution in [0.1, 0.15) is 0 Å². The molecular weight excluding hydrogens is 280 g/mol. The highest BCUT2D eigenvalue weighted by Gasteiger charge is 2.96. The van der Waals surface area contributed by atoms with Crippen LogP contribution in [-0.4, -0.2) is 31.6 Å². The summed E-state index contributed by atoms with van der Waals surface area (Å²) >= 11 is 0. The molecule has 0 aromatic rings. The summed E-state index contributed by atoms with van der Waals surface area (Å²) in [7, 11) is -7.29. The molecule has 0 aromatic heterocycles. The summed E-state index contributed by atoms with van der Waals surface area (Å²) in [5, 5.41) is -6.67. The molecule has 1 saturated heterocycles. The lowest BCUT2D eigenvalue weighted by Crippen LogP contribution is -2.55. The van der Waals surface area contributed by atoms with Crippen LogP contribution in [0.5, 0.6) is 0 Å². The number of hydrogen-bond acceptors (Lipinski definition) is 3. The Morgan fingerprint density at radius 1 is 1.00 bits per heavy atom. The highest BCUT2D eigenvalue weighted by Crippen LogP contribution is 2.64. The van der Waals surface area contributed by atoms with Crippen LogP contribution in [0.15, 0.2) is 0 Å². The van der Waals surface area contributed by atoms with Gasteiger partial charge in [-0.05, 0) is 0 Å². The fourth-order valence-corrected chi connectivity index (χ4v) is 1.18. The molecule has 12 heteroatoms. The van der Waals surface area contributed by atoms with Gasteiger partial charge in [0.2, 0.25) is 0 Å². The van der Waals surface area contributed by atoms with Crippen molar-refractivity contribution in [3.8, 4) is 0 Å². The van der Waals surface area contributed by atoms with Crippen molar-refractivity contribution in [3.63, 3.8) is 0 Å². The number of hydrogen-bond donors (Lipinski definition) is 0. The minimum atomic E-state index is -7.29. The van der Waals surface area contributed by atoms with E-state index in [1.165, 1.54) is 0 Å². The summed E-state index contributed by atoms with van der Waals surface area (Å²) in [6.07, 6.45) is -5.31. The van der Waals surface area contributed by atoms with Crippen molar-refractivity contribution in [2.75, 3.05) is 0 Å². The number of rotatable bonds is 3. The van der Waals surface area contributed by atoms with Gasteiger partial charge in [-0.15, -0.1) is 0 Å². The average Bonchev–Trinajstić information content (AvgIpc) is 2.50. The molecule has 1 fully saturated rings. The molecule has 0 spiro atoms. The zero-order chi connectivity index (χ0) is 13.2. The lowest BCUT2D eigenvalue weighted by Gasteiger charge is -2.23. The molecule has 0 radical (unpaired) electrons. The molecule has 1 unspecified atom stereocenters. The molecule has 0 bridgehead atoms. The minimum Gasteiger partial charge on any atom is -0.265 e. The van der Waals surface area contributed by atoms with E-state index in [2.05, 4.69) is 4.74 Å². The van der Waals surface area contributed by atoms with Gasteiger partial charge in [-0.2, -0.15) is 39.2 Å². The summed E-state index contributed by atoms with van der Waals surface area (Å²) in [5.74, 6) is -12.1. The third kappa shape index (κ3) is 1.31. The van der Waals surface area contributed by atoms with Gasteiger partial charge in [0.1, 0.15) is 0 Å². The first kappa shape index (κ1) is 13.4. The van der Waals surface area contributed by atoms with Crippen LogP contribution in [0.2, 0.25) is 0 Å². The molecule has 1 aliphatic heterocycles. The van der Waals surface area contributed by atoms with Gasteiger partial charge in [0.15, 0.2) is 0 Å². The smallest absolute Gasteiger partial charge is 0.265 e. The van der Waals surface area contributed by atoms with E-state index in [0.717, 1.165) is 0 Å². The predicted molar refractivity (Wildman–Crippen MR) is 29.8 cm³/mol. The second-order valence-electron chi connectivity index (χ2n) is 2.74. The normalized spacial score (nSPS) is 30.2. The molecule has 1 heterocycles. The standard InChI is InChI=1S/C4F8O3S/c5-1(6,2(7)3(8,9)15-2)4(10,11)16(12,13)14. The molecule has 16 heavy (non-hydrogen) atoms. The van der Waals surface area contributed by atoms with Crippen LogP contribution in [0.4, 0.5) is 34.6 Å². The van der Waals surface area contributed by atoms with Crippen LogP contribution in [0, 0.1) is 0 Å². The van der Waals surface area contributed by atoms with E-state index in [4.69, 9.17) is 0 Å². The highest BCUT2D eigenvalue weighted by molar-refractivity contribution is 7.87. The van der Waals surface area contributed by atoms with Crippen molar-refractivity contribution in [2.24, 2.45) is 0 Å². The molecule has 1 rings (SSSR count). The summed E-state index contributed by atoms with van der Waals surface area (Å²) in [6, 6.07) is 0. The van der Waals surface area contributed by atoms with Crippen molar-refractivity contribution in [3.05, 3.63) is 0 Å². The Balaban J connectivity index is 3.25. The quantitative estimate of drug-likeness (QED) is 0.450. The maximum Gasteiger partial charge on any atom is 0.442 e. The summed E-state index contributed by atoms with van der Waals surface area (Å²) in [4.78, 5) is 0. The minimum absolute atomic E-state index is 2.38. The molecule has 1 atom stereocenters. The fourth-order valence-electron chi connectivity index (χ4n) is 0.738. The zero-order valence-corrected chi connectivity index (χ0v) is 7.47. The van der Waals surface area contributed by atoms with Crippen LogP contribution in [0.3, 0.4) is 0 Å². The van der Waals surface area contributed by atoms with Gasteiger partial charge in [0, 0.05) is 0 Å². The Bertz CT molecular complexity index is 415. The van der Waals surface area contributed by atoms with Crippen LogP contribution < -0.4 is 0 Å². The lowest BCUT2D eigenvalue weighted by atomic mass is 10.2. The second kappa shape index (κ2) is 2.78. The first-order valence-electron chi connectivity index (χ1n) is 3.17. The van der Waals surface area contributed by atoms with E-state index in [1.54, 1.807) is 0 Å². The molecule has 0 amide bonds. The lowest BCUT2D eigenvalue weighted by molar-refractivity contribution is -0.237. The topological polar surface area (TPSA) is 46.7 Å². The number of epoxide rings is 1. The Hall–Kier alpha value is -0.650. The Labute approximate surface area is 82.2 Å². The summed E-state index contributed by atoms with van der Waals surface area (Å²) in [6.45, 7) is 0. The molecule has 3 nitrogen and oxygen atoms in total. The Morgan fingerprint density at radius 3 is 1.50 bits per heavy atom. The largest absolute Gasteiger partial charge is 0.442 e. The van der Waals surface area contributed by atoms with Crippen molar-refractivity contribution < 1.29 is 47.8 Å².